The van der Waals surface area contributed by atoms with E-state index in [9.17, 15) is 14.7 Å². The Labute approximate surface area is 158 Å². The molecule has 0 bridgehead atoms. The maximum Gasteiger partial charge on any atom is 0.338 e. The number of carbonyl (C=O) groups is 2. The first-order chi connectivity index (χ1) is 13.1. The van der Waals surface area contributed by atoms with E-state index in [2.05, 4.69) is 0 Å². The van der Waals surface area contributed by atoms with Crippen LogP contribution in [0, 0.1) is 0 Å². The number of benzene rings is 2. The van der Waals surface area contributed by atoms with Gasteiger partial charge >= 0.3 is 11.9 Å². The fraction of sp³-hybridized carbons (Fsp3) is 0.364. The lowest BCUT2D eigenvalue weighted by Crippen LogP contribution is -2.38. The number of ether oxygens (including phenoxy) is 2. The highest BCUT2D eigenvalue weighted by atomic mass is 16.5. The minimum absolute atomic E-state index is 0.165. The minimum atomic E-state index is -0.882. The number of carbonyl (C=O) groups excluding carboxylic acids is 2. The Kier molecular flexibility index (Phi) is 6.24. The normalized spacial score (nSPS) is 22.0. The van der Waals surface area contributed by atoms with Gasteiger partial charge in [-0.05, 0) is 49.9 Å². The molecule has 2 aromatic carbocycles. The van der Waals surface area contributed by atoms with E-state index >= 15 is 0 Å². The van der Waals surface area contributed by atoms with E-state index < -0.39 is 5.60 Å². The van der Waals surface area contributed by atoms with Crippen LogP contribution in [0.1, 0.15) is 52.8 Å². The van der Waals surface area contributed by atoms with Crippen LogP contribution in [-0.2, 0) is 9.47 Å². The van der Waals surface area contributed by atoms with E-state index in [1.807, 2.05) is 12.1 Å². The maximum absolute atomic E-state index is 12.1. The van der Waals surface area contributed by atoms with Crippen LogP contribution in [-0.4, -0.2) is 35.4 Å². The maximum atomic E-state index is 12.1. The number of rotatable bonds is 6. The molecule has 0 aliphatic heterocycles. The van der Waals surface area contributed by atoms with Crippen LogP contribution in [0.5, 0.6) is 0 Å². The third kappa shape index (κ3) is 5.41. The molecule has 5 nitrogen and oxygen atoms in total. The molecule has 5 heteroatoms. The number of hydrogen-bond donors (Lipinski definition) is 1. The molecular formula is C22H24O5. The van der Waals surface area contributed by atoms with E-state index in [1.54, 1.807) is 48.5 Å². The summed E-state index contributed by atoms with van der Waals surface area (Å²) in [6.45, 7) is 0.165. The molecule has 142 valence electrons. The second-order valence-electron chi connectivity index (χ2n) is 6.95. The highest BCUT2D eigenvalue weighted by molar-refractivity contribution is 5.89. The van der Waals surface area contributed by atoms with Gasteiger partial charge in [0.15, 0.2) is 0 Å². The van der Waals surface area contributed by atoms with Gasteiger partial charge in [0.2, 0.25) is 0 Å². The first kappa shape index (κ1) is 19.1. The van der Waals surface area contributed by atoms with Crippen LogP contribution in [0.25, 0.3) is 0 Å². The van der Waals surface area contributed by atoms with Gasteiger partial charge in [0.25, 0.3) is 0 Å². The van der Waals surface area contributed by atoms with Crippen molar-refractivity contribution in [1.29, 1.82) is 0 Å². The number of hydrogen-bond acceptors (Lipinski definition) is 5. The van der Waals surface area contributed by atoms with Crippen molar-refractivity contribution < 1.29 is 24.2 Å². The molecule has 0 aromatic heterocycles. The molecule has 0 unspecified atom stereocenters. The Hall–Kier alpha value is -2.66. The lowest BCUT2D eigenvalue weighted by atomic mass is 9.81. The molecular weight excluding hydrogens is 344 g/mol. The van der Waals surface area contributed by atoms with Crippen molar-refractivity contribution >= 4 is 11.9 Å². The van der Waals surface area contributed by atoms with Crippen molar-refractivity contribution in [2.24, 2.45) is 0 Å². The van der Waals surface area contributed by atoms with Gasteiger partial charge in [-0.2, -0.15) is 0 Å². The summed E-state index contributed by atoms with van der Waals surface area (Å²) in [6.07, 6.45) is 2.42. The molecule has 0 atom stereocenters. The average molecular weight is 368 g/mol. The third-order valence-corrected chi connectivity index (χ3v) is 4.96. The largest absolute Gasteiger partial charge is 0.462 e. The van der Waals surface area contributed by atoms with Crippen LogP contribution in [0.15, 0.2) is 60.7 Å². The van der Waals surface area contributed by atoms with E-state index in [0.29, 0.717) is 43.2 Å². The Morgan fingerprint density at radius 1 is 0.889 bits per heavy atom. The van der Waals surface area contributed by atoms with E-state index in [1.165, 1.54) is 0 Å². The van der Waals surface area contributed by atoms with Gasteiger partial charge in [-0.25, -0.2) is 9.59 Å². The van der Waals surface area contributed by atoms with Crippen LogP contribution >= 0.6 is 0 Å². The molecule has 0 radical (unpaired) electrons. The third-order valence-electron chi connectivity index (χ3n) is 4.96. The Bertz CT molecular complexity index is 749. The van der Waals surface area contributed by atoms with E-state index in [4.69, 9.17) is 9.47 Å². The summed E-state index contributed by atoms with van der Waals surface area (Å²) in [7, 11) is 0. The summed E-state index contributed by atoms with van der Waals surface area (Å²) >= 11 is 0. The molecule has 1 saturated carbocycles. The predicted octanol–water partition coefficient (Wildman–Crippen LogP) is 3.76. The zero-order chi connectivity index (χ0) is 19.1. The van der Waals surface area contributed by atoms with Gasteiger partial charge in [0, 0.05) is 6.42 Å². The summed E-state index contributed by atoms with van der Waals surface area (Å²) in [5.74, 6) is -0.715. The molecule has 1 N–H and O–H groups in total. The van der Waals surface area contributed by atoms with Crippen LogP contribution in [0.3, 0.4) is 0 Å². The summed E-state index contributed by atoms with van der Waals surface area (Å²) in [5, 5.41) is 10.7. The van der Waals surface area contributed by atoms with Gasteiger partial charge < -0.3 is 14.6 Å². The zero-order valence-corrected chi connectivity index (χ0v) is 15.2. The number of aliphatic hydroxyl groups is 1. The molecule has 1 aliphatic rings. The fourth-order valence-electron chi connectivity index (χ4n) is 3.28. The summed E-state index contributed by atoms with van der Waals surface area (Å²) in [5.41, 5.74) is 0.152. The standard InChI is InChI=1S/C22H24O5/c23-20(17-7-3-1-4-8-17)26-16-15-22(25)13-11-19(12-14-22)27-21(24)18-9-5-2-6-10-18/h1-10,19,25H,11-16H2. The second kappa shape index (κ2) is 8.82. The van der Waals surface area contributed by atoms with Crippen molar-refractivity contribution in [3.63, 3.8) is 0 Å². The van der Waals surface area contributed by atoms with Crippen molar-refractivity contribution in [3.8, 4) is 0 Å². The Balaban J connectivity index is 1.41. The Morgan fingerprint density at radius 2 is 1.41 bits per heavy atom. The summed E-state index contributed by atoms with van der Waals surface area (Å²) < 4.78 is 10.8. The first-order valence-corrected chi connectivity index (χ1v) is 9.26. The summed E-state index contributed by atoms with van der Waals surface area (Å²) in [6, 6.07) is 17.7. The predicted molar refractivity (Wildman–Crippen MR) is 100 cm³/mol. The minimum Gasteiger partial charge on any atom is -0.462 e. The first-order valence-electron chi connectivity index (χ1n) is 9.26. The Morgan fingerprint density at radius 3 is 1.96 bits per heavy atom. The lowest BCUT2D eigenvalue weighted by Gasteiger charge is -2.35. The van der Waals surface area contributed by atoms with Crippen LogP contribution < -0.4 is 0 Å². The average Bonchev–Trinajstić information content (AvgIpc) is 2.71. The quantitative estimate of drug-likeness (QED) is 0.786. The van der Waals surface area contributed by atoms with E-state index in [0.717, 1.165) is 0 Å². The highest BCUT2D eigenvalue weighted by Gasteiger charge is 2.34. The van der Waals surface area contributed by atoms with Crippen molar-refractivity contribution in [3.05, 3.63) is 71.8 Å². The van der Waals surface area contributed by atoms with Gasteiger partial charge in [0.1, 0.15) is 6.10 Å². The number of esters is 2. The second-order valence-corrected chi connectivity index (χ2v) is 6.95. The van der Waals surface area contributed by atoms with Crippen molar-refractivity contribution in [2.75, 3.05) is 6.61 Å². The van der Waals surface area contributed by atoms with Gasteiger partial charge in [0.05, 0.1) is 23.3 Å². The monoisotopic (exact) mass is 368 g/mol. The van der Waals surface area contributed by atoms with E-state index in [-0.39, 0.29) is 24.6 Å². The highest BCUT2D eigenvalue weighted by Crippen LogP contribution is 2.33. The molecule has 0 amide bonds. The molecule has 3 rings (SSSR count). The topological polar surface area (TPSA) is 72.8 Å². The lowest BCUT2D eigenvalue weighted by molar-refractivity contribution is -0.0558. The summed E-state index contributed by atoms with van der Waals surface area (Å²) in [4.78, 5) is 24.1. The zero-order valence-electron chi connectivity index (χ0n) is 15.2. The van der Waals surface area contributed by atoms with Gasteiger partial charge in [-0.3, -0.25) is 0 Å². The van der Waals surface area contributed by atoms with Gasteiger partial charge in [-0.1, -0.05) is 36.4 Å². The molecule has 0 spiro atoms. The molecule has 1 fully saturated rings. The van der Waals surface area contributed by atoms with Crippen molar-refractivity contribution in [1.82, 2.24) is 0 Å². The van der Waals surface area contributed by atoms with Crippen molar-refractivity contribution in [2.45, 2.75) is 43.8 Å². The smallest absolute Gasteiger partial charge is 0.338 e. The molecule has 27 heavy (non-hydrogen) atoms. The molecule has 0 heterocycles. The van der Waals surface area contributed by atoms with Crippen LogP contribution in [0.2, 0.25) is 0 Å². The molecule has 0 saturated heterocycles. The molecule has 1 aliphatic carbocycles. The van der Waals surface area contributed by atoms with Crippen LogP contribution in [0.4, 0.5) is 0 Å². The molecule has 2 aromatic rings. The van der Waals surface area contributed by atoms with Gasteiger partial charge in [-0.15, -0.1) is 0 Å². The fourth-order valence-corrected chi connectivity index (χ4v) is 3.28. The SMILES string of the molecule is O=C(OCCC1(O)CCC(OC(=O)c2ccccc2)CC1)c1ccccc1.